The van der Waals surface area contributed by atoms with Crippen molar-refractivity contribution in [2.75, 3.05) is 0 Å². The summed E-state index contributed by atoms with van der Waals surface area (Å²) in [5.74, 6) is -0.597. The van der Waals surface area contributed by atoms with Crippen molar-refractivity contribution in [3.63, 3.8) is 0 Å². The van der Waals surface area contributed by atoms with Crippen molar-refractivity contribution in [3.05, 3.63) is 0 Å². The van der Waals surface area contributed by atoms with Gasteiger partial charge in [0, 0.05) is 0 Å². The largest absolute Gasteiger partial charge is 0.390 e. The lowest BCUT2D eigenvalue weighted by Gasteiger charge is -2.13. The lowest BCUT2D eigenvalue weighted by atomic mass is 10.1. The maximum atomic E-state index is 10.2. The minimum Gasteiger partial charge on any atom is -0.390 e. The van der Waals surface area contributed by atoms with Gasteiger partial charge in [-0.3, -0.25) is 4.79 Å². The topological polar surface area (TPSA) is 83.6 Å². The summed E-state index contributed by atoms with van der Waals surface area (Å²) in [4.78, 5) is 10.2. The van der Waals surface area contributed by atoms with Gasteiger partial charge in [-0.05, 0) is 6.42 Å². The monoisotopic (exact) mass is 147 g/mol. The highest BCUT2D eigenvalue weighted by Crippen LogP contribution is 2.01. The zero-order chi connectivity index (χ0) is 8.15. The van der Waals surface area contributed by atoms with E-state index in [1.165, 1.54) is 0 Å². The van der Waals surface area contributed by atoms with Crippen molar-refractivity contribution in [2.24, 2.45) is 5.73 Å². The molecule has 60 valence electrons. The highest BCUT2D eigenvalue weighted by molar-refractivity contribution is 5.74. The molecule has 2 atom stereocenters. The van der Waals surface area contributed by atoms with Crippen LogP contribution >= 0.6 is 0 Å². The Hall–Kier alpha value is -0.610. The Kier molecular flexibility index (Phi) is 3.99. The van der Waals surface area contributed by atoms with Crippen LogP contribution < -0.4 is 5.73 Å². The number of rotatable bonds is 4. The number of aliphatic hydroxyl groups excluding tert-OH is 2. The molecule has 0 aliphatic carbocycles. The van der Waals surface area contributed by atoms with Crippen molar-refractivity contribution in [1.82, 2.24) is 0 Å². The van der Waals surface area contributed by atoms with E-state index >= 15 is 0 Å². The van der Waals surface area contributed by atoms with E-state index in [1.54, 1.807) is 6.92 Å². The Labute approximate surface area is 59.7 Å². The second-order valence-corrected chi connectivity index (χ2v) is 2.21. The van der Waals surface area contributed by atoms with Gasteiger partial charge in [0.1, 0.15) is 0 Å². The third kappa shape index (κ3) is 3.42. The van der Waals surface area contributed by atoms with Crippen LogP contribution in [0.4, 0.5) is 0 Å². The molecule has 0 aliphatic heterocycles. The van der Waals surface area contributed by atoms with Crippen LogP contribution in [-0.4, -0.2) is 28.3 Å². The van der Waals surface area contributed by atoms with Crippen molar-refractivity contribution in [2.45, 2.75) is 32.0 Å². The number of primary amides is 1. The van der Waals surface area contributed by atoms with Crippen LogP contribution in [0.1, 0.15) is 19.8 Å². The minimum absolute atomic E-state index is 0.172. The number of carbonyl (C=O) groups is 1. The molecule has 0 rings (SSSR count). The summed E-state index contributed by atoms with van der Waals surface area (Å²) in [6.45, 7) is 1.72. The van der Waals surface area contributed by atoms with Gasteiger partial charge in [-0.15, -0.1) is 0 Å². The number of hydrogen-bond donors (Lipinski definition) is 3. The zero-order valence-corrected chi connectivity index (χ0v) is 5.95. The Morgan fingerprint density at radius 3 is 2.30 bits per heavy atom. The number of nitrogens with two attached hydrogens (primary N) is 1. The fourth-order valence-electron chi connectivity index (χ4n) is 0.614. The smallest absolute Gasteiger partial charge is 0.220 e. The lowest BCUT2D eigenvalue weighted by molar-refractivity contribution is -0.121. The summed E-state index contributed by atoms with van der Waals surface area (Å²) in [7, 11) is 0. The van der Waals surface area contributed by atoms with Crippen molar-refractivity contribution >= 4 is 5.91 Å². The van der Waals surface area contributed by atoms with Crippen molar-refractivity contribution in [1.29, 1.82) is 0 Å². The molecule has 0 aliphatic rings. The Morgan fingerprint density at radius 2 is 2.00 bits per heavy atom. The first-order chi connectivity index (χ1) is 4.57. The van der Waals surface area contributed by atoms with Crippen LogP contribution in [0.3, 0.4) is 0 Å². The standard InChI is InChI=1S/C6H13NO3/c1-2-4(8)5(9)3-6(7)10/h4-5,8-9H,2-3H2,1H3,(H2,7,10). The molecule has 0 saturated carbocycles. The third-order valence-electron chi connectivity index (χ3n) is 1.27. The molecule has 0 spiro atoms. The summed E-state index contributed by atoms with van der Waals surface area (Å²) in [5.41, 5.74) is 4.78. The molecule has 4 N–H and O–H groups in total. The normalized spacial score (nSPS) is 16.3. The molecule has 0 bridgehead atoms. The number of aliphatic hydroxyl groups is 2. The molecule has 4 nitrogen and oxygen atoms in total. The predicted molar refractivity (Wildman–Crippen MR) is 36.1 cm³/mol. The molecule has 2 unspecified atom stereocenters. The maximum absolute atomic E-state index is 10.2. The minimum atomic E-state index is -1.01. The lowest BCUT2D eigenvalue weighted by Crippen LogP contribution is -2.30. The molecule has 0 fully saturated rings. The third-order valence-corrected chi connectivity index (χ3v) is 1.27. The molecular weight excluding hydrogens is 134 g/mol. The van der Waals surface area contributed by atoms with Crippen LogP contribution in [-0.2, 0) is 4.79 Å². The molecule has 0 aromatic carbocycles. The average molecular weight is 147 g/mol. The van der Waals surface area contributed by atoms with Crippen LogP contribution in [0.25, 0.3) is 0 Å². The van der Waals surface area contributed by atoms with E-state index in [-0.39, 0.29) is 6.42 Å². The Balaban J connectivity index is 3.61. The maximum Gasteiger partial charge on any atom is 0.220 e. The van der Waals surface area contributed by atoms with Gasteiger partial charge < -0.3 is 15.9 Å². The second kappa shape index (κ2) is 4.24. The van der Waals surface area contributed by atoms with Gasteiger partial charge in [-0.25, -0.2) is 0 Å². The molecule has 10 heavy (non-hydrogen) atoms. The van der Waals surface area contributed by atoms with E-state index < -0.39 is 18.1 Å². The zero-order valence-electron chi connectivity index (χ0n) is 5.95. The quantitative estimate of drug-likeness (QED) is 0.476. The Morgan fingerprint density at radius 1 is 1.50 bits per heavy atom. The van der Waals surface area contributed by atoms with E-state index in [2.05, 4.69) is 0 Å². The first kappa shape index (κ1) is 9.39. The number of amides is 1. The molecule has 0 heterocycles. The fraction of sp³-hybridized carbons (Fsp3) is 0.833. The summed E-state index contributed by atoms with van der Waals surface area (Å²) >= 11 is 0. The van der Waals surface area contributed by atoms with Gasteiger partial charge in [0.2, 0.25) is 5.91 Å². The predicted octanol–water partition coefficient (Wildman–Crippen LogP) is -1.01. The summed E-state index contributed by atoms with van der Waals surface area (Å²) in [6.07, 6.45) is -1.60. The van der Waals surface area contributed by atoms with Gasteiger partial charge in [-0.2, -0.15) is 0 Å². The van der Waals surface area contributed by atoms with Crippen LogP contribution in [0, 0.1) is 0 Å². The van der Waals surface area contributed by atoms with Crippen LogP contribution in [0.2, 0.25) is 0 Å². The van der Waals surface area contributed by atoms with Gasteiger partial charge >= 0.3 is 0 Å². The van der Waals surface area contributed by atoms with Gasteiger partial charge in [0.15, 0.2) is 0 Å². The van der Waals surface area contributed by atoms with Gasteiger partial charge in [0.25, 0.3) is 0 Å². The molecule has 0 aromatic rings. The highest BCUT2D eigenvalue weighted by atomic mass is 16.3. The van der Waals surface area contributed by atoms with E-state index in [4.69, 9.17) is 15.9 Å². The van der Waals surface area contributed by atoms with E-state index in [1.807, 2.05) is 0 Å². The first-order valence-electron chi connectivity index (χ1n) is 3.22. The van der Waals surface area contributed by atoms with Crippen molar-refractivity contribution < 1.29 is 15.0 Å². The summed E-state index contributed by atoms with van der Waals surface area (Å²) in [5, 5.41) is 17.9. The van der Waals surface area contributed by atoms with E-state index in [0.29, 0.717) is 6.42 Å². The molecule has 0 aromatic heterocycles. The van der Waals surface area contributed by atoms with Crippen molar-refractivity contribution in [3.8, 4) is 0 Å². The average Bonchev–Trinajstić information content (AvgIpc) is 1.85. The van der Waals surface area contributed by atoms with Crippen LogP contribution in [0.15, 0.2) is 0 Å². The van der Waals surface area contributed by atoms with E-state index in [9.17, 15) is 4.79 Å². The molecule has 1 amide bonds. The Bertz CT molecular complexity index is 116. The number of hydrogen-bond acceptors (Lipinski definition) is 3. The van der Waals surface area contributed by atoms with Gasteiger partial charge in [-0.1, -0.05) is 6.92 Å². The molecule has 0 radical (unpaired) electrons. The SMILES string of the molecule is CCC(O)C(O)CC(N)=O. The van der Waals surface area contributed by atoms with E-state index in [0.717, 1.165) is 0 Å². The number of carbonyl (C=O) groups excluding carboxylic acids is 1. The van der Waals surface area contributed by atoms with Gasteiger partial charge in [0.05, 0.1) is 18.6 Å². The second-order valence-electron chi connectivity index (χ2n) is 2.21. The van der Waals surface area contributed by atoms with Crippen LogP contribution in [0.5, 0.6) is 0 Å². The fourth-order valence-corrected chi connectivity index (χ4v) is 0.614. The first-order valence-corrected chi connectivity index (χ1v) is 3.22. The molecule has 0 saturated heterocycles. The summed E-state index contributed by atoms with van der Waals surface area (Å²) < 4.78 is 0. The highest BCUT2D eigenvalue weighted by Gasteiger charge is 2.15. The molecule has 4 heteroatoms. The molecular formula is C6H13NO3. The summed E-state index contributed by atoms with van der Waals surface area (Å²) in [6, 6.07) is 0.